The number of para-hydroxylation sites is 1. The van der Waals surface area contributed by atoms with Gasteiger partial charge in [0.05, 0.1) is 29.8 Å². The zero-order valence-corrected chi connectivity index (χ0v) is 17.3. The summed E-state index contributed by atoms with van der Waals surface area (Å²) >= 11 is 1.48. The summed E-state index contributed by atoms with van der Waals surface area (Å²) in [6.07, 6.45) is 4.24. The molecule has 0 saturated carbocycles. The normalized spacial score (nSPS) is 17.2. The SMILES string of the molecule is CC(Sc1ncc(-c2ccccc2)n1CC1CCCO1)C(=O)Nc1ccccc1. The summed E-state index contributed by atoms with van der Waals surface area (Å²) in [7, 11) is 0. The van der Waals surface area contributed by atoms with Gasteiger partial charge in [-0.05, 0) is 37.5 Å². The van der Waals surface area contributed by atoms with Gasteiger partial charge in [0, 0.05) is 12.3 Å². The minimum Gasteiger partial charge on any atom is -0.376 e. The van der Waals surface area contributed by atoms with Gasteiger partial charge < -0.3 is 14.6 Å². The maximum absolute atomic E-state index is 12.7. The number of ether oxygens (including phenoxy) is 1. The van der Waals surface area contributed by atoms with E-state index in [2.05, 4.69) is 27.0 Å². The van der Waals surface area contributed by atoms with Crippen molar-refractivity contribution in [3.05, 3.63) is 66.9 Å². The van der Waals surface area contributed by atoms with Crippen LogP contribution >= 0.6 is 11.8 Å². The lowest BCUT2D eigenvalue weighted by Gasteiger charge is -2.18. The maximum atomic E-state index is 12.7. The van der Waals surface area contributed by atoms with Crippen molar-refractivity contribution < 1.29 is 9.53 Å². The van der Waals surface area contributed by atoms with Crippen molar-refractivity contribution in [1.82, 2.24) is 9.55 Å². The van der Waals surface area contributed by atoms with Crippen molar-refractivity contribution >= 4 is 23.4 Å². The lowest BCUT2D eigenvalue weighted by atomic mass is 10.1. The quantitative estimate of drug-likeness (QED) is 0.569. The van der Waals surface area contributed by atoms with Gasteiger partial charge in [0.1, 0.15) is 0 Å². The molecule has 0 radical (unpaired) electrons. The number of thioether (sulfide) groups is 1. The number of carbonyl (C=O) groups is 1. The number of nitrogens with zero attached hydrogens (tertiary/aromatic N) is 2. The van der Waals surface area contributed by atoms with Gasteiger partial charge in [-0.15, -0.1) is 0 Å². The highest BCUT2D eigenvalue weighted by molar-refractivity contribution is 8.00. The number of carbonyl (C=O) groups excluding carboxylic acids is 1. The maximum Gasteiger partial charge on any atom is 0.237 e. The van der Waals surface area contributed by atoms with E-state index in [4.69, 9.17) is 4.74 Å². The predicted octanol–water partition coefficient (Wildman–Crippen LogP) is 4.85. The summed E-state index contributed by atoms with van der Waals surface area (Å²) in [5.41, 5.74) is 2.98. The summed E-state index contributed by atoms with van der Waals surface area (Å²) in [5, 5.41) is 3.54. The number of amides is 1. The van der Waals surface area contributed by atoms with E-state index in [1.165, 1.54) is 11.8 Å². The second-order valence-electron chi connectivity index (χ2n) is 7.15. The molecule has 2 unspecified atom stereocenters. The molecule has 1 aliphatic rings. The number of rotatable bonds is 7. The van der Waals surface area contributed by atoms with Crippen LogP contribution in [0.5, 0.6) is 0 Å². The van der Waals surface area contributed by atoms with Crippen molar-refractivity contribution in [1.29, 1.82) is 0 Å². The third-order valence-corrected chi connectivity index (χ3v) is 6.10. The Morgan fingerprint density at radius 2 is 1.93 bits per heavy atom. The lowest BCUT2D eigenvalue weighted by molar-refractivity contribution is -0.115. The average molecular weight is 408 g/mol. The van der Waals surface area contributed by atoms with Gasteiger partial charge in [-0.25, -0.2) is 4.98 Å². The molecule has 1 aliphatic heterocycles. The van der Waals surface area contributed by atoms with Crippen LogP contribution in [-0.2, 0) is 16.1 Å². The molecule has 2 atom stereocenters. The molecule has 5 nitrogen and oxygen atoms in total. The Balaban J connectivity index is 1.54. The monoisotopic (exact) mass is 407 g/mol. The molecule has 1 amide bonds. The summed E-state index contributed by atoms with van der Waals surface area (Å²) in [5.74, 6) is -0.0332. The van der Waals surface area contributed by atoms with Gasteiger partial charge in [-0.2, -0.15) is 0 Å². The number of benzene rings is 2. The molecule has 2 aromatic carbocycles. The van der Waals surface area contributed by atoms with Crippen LogP contribution in [0, 0.1) is 0 Å². The minimum absolute atomic E-state index is 0.0332. The third-order valence-electron chi connectivity index (χ3n) is 4.99. The topological polar surface area (TPSA) is 56.2 Å². The molecule has 1 saturated heterocycles. The zero-order valence-electron chi connectivity index (χ0n) is 16.5. The summed E-state index contributed by atoms with van der Waals surface area (Å²) in [6.45, 7) is 3.48. The van der Waals surface area contributed by atoms with E-state index in [-0.39, 0.29) is 17.3 Å². The Hall–Kier alpha value is -2.57. The molecule has 1 N–H and O–H groups in total. The first-order chi connectivity index (χ1) is 14.2. The summed E-state index contributed by atoms with van der Waals surface area (Å²) < 4.78 is 8.06. The molecule has 0 bridgehead atoms. The van der Waals surface area contributed by atoms with E-state index in [0.717, 1.165) is 48.1 Å². The van der Waals surface area contributed by atoms with E-state index in [0.29, 0.717) is 0 Å². The minimum atomic E-state index is -0.274. The molecule has 6 heteroatoms. The molecule has 4 rings (SSSR count). The molecule has 1 aromatic heterocycles. The fourth-order valence-electron chi connectivity index (χ4n) is 3.44. The molecule has 3 aromatic rings. The molecule has 29 heavy (non-hydrogen) atoms. The number of hydrogen-bond acceptors (Lipinski definition) is 4. The van der Waals surface area contributed by atoms with Crippen molar-refractivity contribution in [2.24, 2.45) is 0 Å². The lowest BCUT2D eigenvalue weighted by Crippen LogP contribution is -2.23. The van der Waals surface area contributed by atoms with E-state index >= 15 is 0 Å². The number of imidazole rings is 1. The first kappa shape index (κ1) is 19.7. The predicted molar refractivity (Wildman–Crippen MR) is 117 cm³/mol. The Labute approximate surface area is 175 Å². The summed E-state index contributed by atoms with van der Waals surface area (Å²) in [4.78, 5) is 17.3. The van der Waals surface area contributed by atoms with Crippen LogP contribution in [0.1, 0.15) is 19.8 Å². The first-order valence-corrected chi connectivity index (χ1v) is 10.8. The van der Waals surface area contributed by atoms with Crippen molar-refractivity contribution in [2.75, 3.05) is 11.9 Å². The standard InChI is InChI=1S/C23H25N3O2S/c1-17(22(27)25-19-11-6-3-7-12-19)29-23-24-15-21(18-9-4-2-5-10-18)26(23)16-20-13-8-14-28-20/h2-7,9-12,15,17,20H,8,13-14,16H2,1H3,(H,25,27). The van der Waals surface area contributed by atoms with Gasteiger partial charge in [-0.1, -0.05) is 60.3 Å². The van der Waals surface area contributed by atoms with Crippen molar-refractivity contribution in [3.63, 3.8) is 0 Å². The smallest absolute Gasteiger partial charge is 0.237 e. The van der Waals surface area contributed by atoms with Crippen molar-refractivity contribution in [3.8, 4) is 11.3 Å². The van der Waals surface area contributed by atoms with Crippen molar-refractivity contribution in [2.45, 2.75) is 42.8 Å². The van der Waals surface area contributed by atoms with Crippen LogP contribution in [0.3, 0.4) is 0 Å². The fraction of sp³-hybridized carbons (Fsp3) is 0.304. The van der Waals surface area contributed by atoms with Crippen LogP contribution in [-0.4, -0.2) is 33.4 Å². The molecular weight excluding hydrogens is 382 g/mol. The Kier molecular flexibility index (Phi) is 6.32. The van der Waals surface area contributed by atoms with Gasteiger partial charge >= 0.3 is 0 Å². The van der Waals surface area contributed by atoms with E-state index < -0.39 is 0 Å². The molecule has 1 fully saturated rings. The second kappa shape index (κ2) is 9.29. The molecule has 150 valence electrons. The zero-order chi connectivity index (χ0) is 20.1. The Morgan fingerprint density at radius 3 is 2.62 bits per heavy atom. The van der Waals surface area contributed by atoms with Crippen LogP contribution in [0.4, 0.5) is 5.69 Å². The van der Waals surface area contributed by atoms with Crippen LogP contribution in [0.25, 0.3) is 11.3 Å². The fourth-order valence-corrected chi connectivity index (χ4v) is 4.33. The van der Waals surface area contributed by atoms with Gasteiger partial charge in [0.15, 0.2) is 5.16 Å². The number of aromatic nitrogens is 2. The number of anilines is 1. The van der Waals surface area contributed by atoms with Crippen LogP contribution < -0.4 is 5.32 Å². The highest BCUT2D eigenvalue weighted by atomic mass is 32.2. The first-order valence-electron chi connectivity index (χ1n) is 9.96. The Bertz CT molecular complexity index is 937. The molecule has 2 heterocycles. The molecular formula is C23H25N3O2S. The largest absolute Gasteiger partial charge is 0.376 e. The van der Waals surface area contributed by atoms with Gasteiger partial charge in [-0.3, -0.25) is 4.79 Å². The van der Waals surface area contributed by atoms with Crippen LogP contribution in [0.2, 0.25) is 0 Å². The van der Waals surface area contributed by atoms with Gasteiger partial charge in [0.2, 0.25) is 5.91 Å². The van der Waals surface area contributed by atoms with Gasteiger partial charge in [0.25, 0.3) is 0 Å². The number of nitrogens with one attached hydrogen (secondary N) is 1. The second-order valence-corrected chi connectivity index (χ2v) is 8.46. The third kappa shape index (κ3) is 4.89. The van der Waals surface area contributed by atoms with E-state index in [1.807, 2.05) is 61.7 Å². The molecule has 0 spiro atoms. The highest BCUT2D eigenvalue weighted by Crippen LogP contribution is 2.30. The molecule has 0 aliphatic carbocycles. The van der Waals surface area contributed by atoms with E-state index in [9.17, 15) is 4.79 Å². The number of hydrogen-bond donors (Lipinski definition) is 1. The summed E-state index contributed by atoms with van der Waals surface area (Å²) in [6, 6.07) is 19.8. The average Bonchev–Trinajstić information content (AvgIpc) is 3.40. The van der Waals surface area contributed by atoms with Crippen LogP contribution in [0.15, 0.2) is 72.0 Å². The Morgan fingerprint density at radius 1 is 1.21 bits per heavy atom. The highest BCUT2D eigenvalue weighted by Gasteiger charge is 2.23. The van der Waals surface area contributed by atoms with E-state index in [1.54, 1.807) is 0 Å².